The van der Waals surface area contributed by atoms with Gasteiger partial charge in [-0.25, -0.2) is 13.1 Å². The topological polar surface area (TPSA) is 71.3 Å². The first-order valence-corrected chi connectivity index (χ1v) is 8.80. The summed E-state index contributed by atoms with van der Waals surface area (Å²) in [5, 5.41) is 2.95. The van der Waals surface area contributed by atoms with Crippen molar-refractivity contribution in [2.75, 3.05) is 7.05 Å². The molecule has 0 radical (unpaired) electrons. The molecule has 0 bridgehead atoms. The Kier molecular flexibility index (Phi) is 5.23. The fourth-order valence-corrected chi connectivity index (χ4v) is 4.17. The van der Waals surface area contributed by atoms with Gasteiger partial charge in [0.1, 0.15) is 5.76 Å². The van der Waals surface area contributed by atoms with Gasteiger partial charge in [0.2, 0.25) is 5.09 Å². The maximum absolute atomic E-state index is 12.4. The molecule has 2 N–H and O–H groups in total. The molecule has 2 unspecified atom stereocenters. The summed E-state index contributed by atoms with van der Waals surface area (Å²) in [4.78, 5) is 0. The van der Waals surface area contributed by atoms with Crippen molar-refractivity contribution in [1.82, 2.24) is 10.0 Å². The maximum Gasteiger partial charge on any atom is 0.274 e. The fourth-order valence-electron chi connectivity index (χ4n) is 2.88. The molecule has 1 aliphatic carbocycles. The van der Waals surface area contributed by atoms with Gasteiger partial charge in [-0.15, -0.1) is 0 Å². The van der Waals surface area contributed by atoms with Gasteiger partial charge in [-0.2, -0.15) is 0 Å². The molecule has 1 saturated carbocycles. The van der Waals surface area contributed by atoms with Crippen molar-refractivity contribution in [2.24, 2.45) is 5.92 Å². The molecule has 5 nitrogen and oxygen atoms in total. The molecule has 114 valence electrons. The molecule has 1 heterocycles. The number of hydrogen-bond acceptors (Lipinski definition) is 4. The van der Waals surface area contributed by atoms with Crippen molar-refractivity contribution in [1.29, 1.82) is 0 Å². The number of nitrogens with one attached hydrogen (secondary N) is 2. The Balaban J connectivity index is 2.09. The van der Waals surface area contributed by atoms with Gasteiger partial charge in [0.15, 0.2) is 0 Å². The summed E-state index contributed by atoms with van der Waals surface area (Å²) in [6.07, 6.45) is 5.32. The normalized spacial score (nSPS) is 23.9. The number of sulfonamides is 1. The van der Waals surface area contributed by atoms with E-state index in [1.54, 1.807) is 13.1 Å². The maximum atomic E-state index is 12.4. The lowest BCUT2D eigenvalue weighted by atomic mass is 9.83. The summed E-state index contributed by atoms with van der Waals surface area (Å²) < 4.78 is 32.9. The summed E-state index contributed by atoms with van der Waals surface area (Å²) in [6.45, 7) is 2.64. The number of rotatable bonds is 6. The van der Waals surface area contributed by atoms with E-state index in [9.17, 15) is 8.42 Å². The first-order chi connectivity index (χ1) is 9.56. The van der Waals surface area contributed by atoms with Crippen LogP contribution in [0.2, 0.25) is 0 Å². The van der Waals surface area contributed by atoms with E-state index in [2.05, 4.69) is 17.0 Å². The van der Waals surface area contributed by atoms with Gasteiger partial charge in [-0.3, -0.25) is 0 Å². The summed E-state index contributed by atoms with van der Waals surface area (Å²) in [6, 6.07) is 3.26. The quantitative estimate of drug-likeness (QED) is 0.845. The number of hydrogen-bond donors (Lipinski definition) is 2. The molecule has 20 heavy (non-hydrogen) atoms. The average molecular weight is 300 g/mol. The Morgan fingerprint density at radius 1 is 1.30 bits per heavy atom. The third kappa shape index (κ3) is 3.62. The molecular weight excluding hydrogens is 276 g/mol. The minimum absolute atomic E-state index is 0.0168. The van der Waals surface area contributed by atoms with Crippen molar-refractivity contribution in [2.45, 2.75) is 56.7 Å². The zero-order chi connectivity index (χ0) is 14.6. The lowest BCUT2D eigenvalue weighted by molar-refractivity contribution is 0.280. The molecule has 0 amide bonds. The highest BCUT2D eigenvalue weighted by molar-refractivity contribution is 7.89. The second-order valence-corrected chi connectivity index (χ2v) is 7.08. The van der Waals surface area contributed by atoms with Crippen LogP contribution in [-0.4, -0.2) is 21.5 Å². The van der Waals surface area contributed by atoms with E-state index >= 15 is 0 Å². The van der Waals surface area contributed by atoms with E-state index in [1.807, 2.05) is 0 Å². The Bertz CT molecular complexity index is 524. The smallest absolute Gasteiger partial charge is 0.274 e. The first kappa shape index (κ1) is 15.5. The predicted molar refractivity (Wildman–Crippen MR) is 77.8 cm³/mol. The van der Waals surface area contributed by atoms with Crippen LogP contribution in [0.3, 0.4) is 0 Å². The van der Waals surface area contributed by atoms with Crippen molar-refractivity contribution in [3.63, 3.8) is 0 Å². The second kappa shape index (κ2) is 6.74. The van der Waals surface area contributed by atoms with E-state index in [4.69, 9.17) is 4.42 Å². The van der Waals surface area contributed by atoms with Crippen molar-refractivity contribution in [3.05, 3.63) is 17.9 Å². The molecule has 2 atom stereocenters. The van der Waals surface area contributed by atoms with Crippen LogP contribution in [0.5, 0.6) is 0 Å². The Labute approximate surface area is 121 Å². The predicted octanol–water partition coefficient (Wildman–Crippen LogP) is 2.25. The fraction of sp³-hybridized carbons (Fsp3) is 0.714. The highest BCUT2D eigenvalue weighted by atomic mass is 32.2. The molecule has 1 aromatic heterocycles. The highest BCUT2D eigenvalue weighted by Gasteiger charge is 2.29. The Morgan fingerprint density at radius 2 is 2.05 bits per heavy atom. The molecule has 0 aromatic carbocycles. The Hall–Kier alpha value is -0.850. The summed E-state index contributed by atoms with van der Waals surface area (Å²) in [5.41, 5.74) is 0. The summed E-state index contributed by atoms with van der Waals surface area (Å²) in [5.74, 6) is 1.06. The average Bonchev–Trinajstić information content (AvgIpc) is 2.89. The number of furan rings is 1. The molecule has 1 aliphatic rings. The SMILES string of the molecule is CCC1CCCCC1NS(=O)(=O)c1ccc(CNC)o1. The van der Waals surface area contributed by atoms with Gasteiger partial charge < -0.3 is 9.73 Å². The molecular formula is C14H24N2O3S. The molecule has 2 rings (SSSR count). The largest absolute Gasteiger partial charge is 0.447 e. The zero-order valence-corrected chi connectivity index (χ0v) is 13.0. The first-order valence-electron chi connectivity index (χ1n) is 7.32. The van der Waals surface area contributed by atoms with Gasteiger partial charge in [-0.1, -0.05) is 26.2 Å². The van der Waals surface area contributed by atoms with E-state index in [0.717, 1.165) is 25.7 Å². The van der Waals surface area contributed by atoms with Gasteiger partial charge in [-0.05, 0) is 37.9 Å². The lowest BCUT2D eigenvalue weighted by Gasteiger charge is -2.30. The van der Waals surface area contributed by atoms with Gasteiger partial charge in [0.25, 0.3) is 10.0 Å². The Morgan fingerprint density at radius 3 is 2.75 bits per heavy atom. The molecule has 0 aliphatic heterocycles. The standard InChI is InChI=1S/C14H24N2O3S/c1-3-11-6-4-5-7-13(11)16-20(17,18)14-9-8-12(19-14)10-15-2/h8-9,11,13,15-16H,3-7,10H2,1-2H3. The van der Waals surface area contributed by atoms with Crippen LogP contribution in [0, 0.1) is 5.92 Å². The molecule has 0 saturated heterocycles. The van der Waals surface area contributed by atoms with Crippen molar-refractivity contribution < 1.29 is 12.8 Å². The van der Waals surface area contributed by atoms with Gasteiger partial charge in [0.05, 0.1) is 6.54 Å². The van der Waals surface area contributed by atoms with Crippen LogP contribution >= 0.6 is 0 Å². The van der Waals surface area contributed by atoms with Crippen LogP contribution < -0.4 is 10.0 Å². The zero-order valence-electron chi connectivity index (χ0n) is 12.2. The minimum Gasteiger partial charge on any atom is -0.447 e. The molecule has 1 fully saturated rings. The summed E-state index contributed by atoms with van der Waals surface area (Å²) >= 11 is 0. The van der Waals surface area contributed by atoms with E-state index < -0.39 is 10.0 Å². The third-order valence-corrected chi connectivity index (χ3v) is 5.36. The molecule has 0 spiro atoms. The van der Waals surface area contributed by atoms with E-state index in [1.165, 1.54) is 12.5 Å². The van der Waals surface area contributed by atoms with Crippen LogP contribution in [-0.2, 0) is 16.6 Å². The van der Waals surface area contributed by atoms with Gasteiger partial charge in [0, 0.05) is 6.04 Å². The highest BCUT2D eigenvalue weighted by Crippen LogP contribution is 2.28. The molecule has 1 aromatic rings. The minimum atomic E-state index is -3.54. The van der Waals surface area contributed by atoms with Crippen LogP contribution in [0.1, 0.15) is 44.8 Å². The lowest BCUT2D eigenvalue weighted by Crippen LogP contribution is -2.41. The summed E-state index contributed by atoms with van der Waals surface area (Å²) in [7, 11) is -1.75. The van der Waals surface area contributed by atoms with Crippen LogP contribution in [0.4, 0.5) is 0 Å². The molecule has 6 heteroatoms. The van der Waals surface area contributed by atoms with Crippen LogP contribution in [0.25, 0.3) is 0 Å². The van der Waals surface area contributed by atoms with Gasteiger partial charge >= 0.3 is 0 Å². The van der Waals surface area contributed by atoms with E-state index in [-0.39, 0.29) is 11.1 Å². The third-order valence-electron chi connectivity index (χ3n) is 3.99. The van der Waals surface area contributed by atoms with Crippen molar-refractivity contribution >= 4 is 10.0 Å². The van der Waals surface area contributed by atoms with Crippen molar-refractivity contribution in [3.8, 4) is 0 Å². The second-order valence-electron chi connectivity index (χ2n) is 5.43. The monoisotopic (exact) mass is 300 g/mol. The van der Waals surface area contributed by atoms with Crippen LogP contribution in [0.15, 0.2) is 21.6 Å². The van der Waals surface area contributed by atoms with E-state index in [0.29, 0.717) is 18.2 Å².